The van der Waals surface area contributed by atoms with Gasteiger partial charge < -0.3 is 14.8 Å². The SMILES string of the molecule is C#CCOc1ccc(-c2ccccc2NC(=O)Cc2ccc3c(c2)CCCC3)cc1OC. The molecule has 0 unspecified atom stereocenters. The molecule has 0 radical (unpaired) electrons. The van der Waals surface area contributed by atoms with E-state index < -0.39 is 0 Å². The number of aryl methyl sites for hydroxylation is 2. The van der Waals surface area contributed by atoms with Crippen LogP contribution in [-0.2, 0) is 24.1 Å². The molecule has 162 valence electrons. The highest BCUT2D eigenvalue weighted by Gasteiger charge is 2.14. The monoisotopic (exact) mass is 425 g/mol. The molecule has 3 aromatic rings. The van der Waals surface area contributed by atoms with Gasteiger partial charge in [0.15, 0.2) is 11.5 Å². The van der Waals surface area contributed by atoms with Crippen LogP contribution in [0.5, 0.6) is 11.5 Å². The maximum absolute atomic E-state index is 12.9. The maximum Gasteiger partial charge on any atom is 0.228 e. The molecule has 32 heavy (non-hydrogen) atoms. The van der Waals surface area contributed by atoms with Crippen LogP contribution in [0.1, 0.15) is 29.5 Å². The van der Waals surface area contributed by atoms with E-state index in [9.17, 15) is 4.79 Å². The van der Waals surface area contributed by atoms with E-state index in [0.717, 1.165) is 35.2 Å². The second kappa shape index (κ2) is 10.1. The first-order chi connectivity index (χ1) is 15.7. The number of amides is 1. The Bertz CT molecular complexity index is 1160. The number of hydrogen-bond acceptors (Lipinski definition) is 3. The molecule has 0 atom stereocenters. The smallest absolute Gasteiger partial charge is 0.228 e. The lowest BCUT2D eigenvalue weighted by atomic mass is 9.90. The van der Waals surface area contributed by atoms with Gasteiger partial charge in [-0.3, -0.25) is 4.79 Å². The molecule has 0 spiro atoms. The Morgan fingerprint density at radius 1 is 1.00 bits per heavy atom. The standard InChI is InChI=1S/C28H27NO3/c1-3-16-32-26-15-14-23(19-27(26)31-2)24-10-6-7-11-25(24)29-28(30)18-20-12-13-21-8-4-5-9-22(21)17-20/h1,6-7,10-15,17,19H,4-5,8-9,16,18H2,2H3,(H,29,30). The first kappa shape index (κ1) is 21.5. The lowest BCUT2D eigenvalue weighted by Gasteiger charge is -2.17. The Labute approximate surface area is 189 Å². The number of ether oxygens (including phenoxy) is 2. The van der Waals surface area contributed by atoms with Gasteiger partial charge in [-0.15, -0.1) is 6.42 Å². The first-order valence-electron chi connectivity index (χ1n) is 10.9. The Morgan fingerprint density at radius 2 is 1.81 bits per heavy atom. The minimum Gasteiger partial charge on any atom is -0.493 e. The number of methoxy groups -OCH3 is 1. The highest BCUT2D eigenvalue weighted by atomic mass is 16.5. The van der Waals surface area contributed by atoms with Crippen LogP contribution in [0.25, 0.3) is 11.1 Å². The van der Waals surface area contributed by atoms with Crippen molar-refractivity contribution in [3.63, 3.8) is 0 Å². The quantitative estimate of drug-likeness (QED) is 0.513. The average Bonchev–Trinajstić information content (AvgIpc) is 2.83. The molecular weight excluding hydrogens is 398 g/mol. The highest BCUT2D eigenvalue weighted by Crippen LogP contribution is 2.35. The van der Waals surface area contributed by atoms with Crippen LogP contribution in [0.15, 0.2) is 60.7 Å². The zero-order chi connectivity index (χ0) is 22.3. The molecule has 4 heteroatoms. The number of rotatable bonds is 7. The summed E-state index contributed by atoms with van der Waals surface area (Å²) in [5.41, 5.74) is 6.45. The van der Waals surface area contributed by atoms with Crippen LogP contribution in [0.3, 0.4) is 0 Å². The predicted molar refractivity (Wildman–Crippen MR) is 128 cm³/mol. The van der Waals surface area contributed by atoms with E-state index in [1.54, 1.807) is 7.11 Å². The summed E-state index contributed by atoms with van der Waals surface area (Å²) in [6, 6.07) is 19.9. The van der Waals surface area contributed by atoms with Gasteiger partial charge in [-0.1, -0.05) is 48.4 Å². The predicted octanol–water partition coefficient (Wildman–Crippen LogP) is 5.43. The van der Waals surface area contributed by atoms with Crippen molar-refractivity contribution in [2.24, 2.45) is 0 Å². The maximum atomic E-state index is 12.9. The van der Waals surface area contributed by atoms with Gasteiger partial charge in [0.1, 0.15) is 6.61 Å². The first-order valence-corrected chi connectivity index (χ1v) is 10.9. The van der Waals surface area contributed by atoms with Crippen molar-refractivity contribution in [2.75, 3.05) is 19.0 Å². The fourth-order valence-electron chi connectivity index (χ4n) is 4.19. The number of terminal acetylenes is 1. The number of anilines is 1. The number of nitrogens with one attached hydrogen (secondary N) is 1. The normalized spacial score (nSPS) is 12.4. The van der Waals surface area contributed by atoms with Crippen molar-refractivity contribution in [3.05, 3.63) is 77.4 Å². The largest absolute Gasteiger partial charge is 0.493 e. The average molecular weight is 426 g/mol. The number of carbonyl (C=O) groups excluding carboxylic acids is 1. The second-order valence-electron chi connectivity index (χ2n) is 7.94. The summed E-state index contributed by atoms with van der Waals surface area (Å²) < 4.78 is 11.0. The molecule has 0 fully saturated rings. The molecule has 1 aliphatic rings. The summed E-state index contributed by atoms with van der Waals surface area (Å²) in [7, 11) is 1.59. The summed E-state index contributed by atoms with van der Waals surface area (Å²) in [4.78, 5) is 12.9. The van der Waals surface area contributed by atoms with Crippen LogP contribution >= 0.6 is 0 Å². The zero-order valence-corrected chi connectivity index (χ0v) is 18.3. The number of carbonyl (C=O) groups is 1. The van der Waals surface area contributed by atoms with Crippen LogP contribution in [0.4, 0.5) is 5.69 Å². The molecule has 1 N–H and O–H groups in total. The van der Waals surface area contributed by atoms with Gasteiger partial charge in [-0.25, -0.2) is 0 Å². The van der Waals surface area contributed by atoms with Gasteiger partial charge in [-0.05, 0) is 66.1 Å². The summed E-state index contributed by atoms with van der Waals surface area (Å²) in [6.07, 6.45) is 10.4. The van der Waals surface area contributed by atoms with Gasteiger partial charge in [0.2, 0.25) is 5.91 Å². The molecule has 3 aromatic carbocycles. The van der Waals surface area contributed by atoms with Crippen molar-refractivity contribution < 1.29 is 14.3 Å². The topological polar surface area (TPSA) is 47.6 Å². The molecule has 0 aliphatic heterocycles. The van der Waals surface area contributed by atoms with E-state index in [2.05, 4.69) is 29.4 Å². The third-order valence-electron chi connectivity index (χ3n) is 5.76. The van der Waals surface area contributed by atoms with Crippen molar-refractivity contribution in [3.8, 4) is 35.0 Å². The Kier molecular flexibility index (Phi) is 6.77. The second-order valence-corrected chi connectivity index (χ2v) is 7.94. The van der Waals surface area contributed by atoms with Gasteiger partial charge in [0, 0.05) is 11.3 Å². The van der Waals surface area contributed by atoms with Crippen molar-refractivity contribution in [1.29, 1.82) is 0 Å². The molecule has 4 nitrogen and oxygen atoms in total. The van der Waals surface area contributed by atoms with E-state index in [1.165, 1.54) is 24.0 Å². The van der Waals surface area contributed by atoms with E-state index in [-0.39, 0.29) is 12.5 Å². The number of para-hydroxylation sites is 1. The summed E-state index contributed by atoms with van der Waals surface area (Å²) >= 11 is 0. The van der Waals surface area contributed by atoms with Crippen LogP contribution < -0.4 is 14.8 Å². The summed E-state index contributed by atoms with van der Waals surface area (Å²) in [5.74, 6) is 3.60. The summed E-state index contributed by atoms with van der Waals surface area (Å²) in [5, 5.41) is 3.09. The fourth-order valence-corrected chi connectivity index (χ4v) is 4.19. The molecule has 0 heterocycles. The molecule has 1 aliphatic carbocycles. The molecule has 0 saturated carbocycles. The van der Waals surface area contributed by atoms with E-state index >= 15 is 0 Å². The van der Waals surface area contributed by atoms with Crippen molar-refractivity contribution in [1.82, 2.24) is 0 Å². The third kappa shape index (κ3) is 4.95. The van der Waals surface area contributed by atoms with Crippen LogP contribution in [-0.4, -0.2) is 19.6 Å². The van der Waals surface area contributed by atoms with Crippen LogP contribution in [0.2, 0.25) is 0 Å². The Hall–Kier alpha value is -3.71. The summed E-state index contributed by atoms with van der Waals surface area (Å²) in [6.45, 7) is 0.172. The van der Waals surface area contributed by atoms with Crippen molar-refractivity contribution >= 4 is 11.6 Å². The minimum absolute atomic E-state index is 0.0332. The molecule has 0 bridgehead atoms. The lowest BCUT2D eigenvalue weighted by Crippen LogP contribution is -2.15. The lowest BCUT2D eigenvalue weighted by molar-refractivity contribution is -0.115. The van der Waals surface area contributed by atoms with E-state index in [0.29, 0.717) is 17.9 Å². The Balaban J connectivity index is 1.52. The molecular formula is C28H27NO3. The van der Waals surface area contributed by atoms with Gasteiger partial charge >= 0.3 is 0 Å². The number of benzene rings is 3. The van der Waals surface area contributed by atoms with Gasteiger partial charge in [0.05, 0.1) is 13.5 Å². The van der Waals surface area contributed by atoms with E-state index in [4.69, 9.17) is 15.9 Å². The molecule has 0 saturated heterocycles. The molecule has 1 amide bonds. The highest BCUT2D eigenvalue weighted by molar-refractivity contribution is 5.96. The molecule has 0 aromatic heterocycles. The molecule has 4 rings (SSSR count). The van der Waals surface area contributed by atoms with Crippen LogP contribution in [0, 0.1) is 12.3 Å². The van der Waals surface area contributed by atoms with E-state index in [1.807, 2.05) is 42.5 Å². The van der Waals surface area contributed by atoms with Crippen molar-refractivity contribution in [2.45, 2.75) is 32.1 Å². The number of hydrogen-bond donors (Lipinski definition) is 1. The number of fused-ring (bicyclic) bond motifs is 1. The fraction of sp³-hybridized carbons (Fsp3) is 0.250. The minimum atomic E-state index is -0.0332. The third-order valence-corrected chi connectivity index (χ3v) is 5.76. The zero-order valence-electron chi connectivity index (χ0n) is 18.3. The Morgan fingerprint density at radius 3 is 2.62 bits per heavy atom. The van der Waals surface area contributed by atoms with Gasteiger partial charge in [-0.2, -0.15) is 0 Å². The van der Waals surface area contributed by atoms with Gasteiger partial charge in [0.25, 0.3) is 0 Å².